The molecule has 0 N–H and O–H groups in total. The van der Waals surface area contributed by atoms with Crippen LogP contribution in [0.1, 0.15) is 11.1 Å². The quantitative estimate of drug-likeness (QED) is 0.751. The Hall–Kier alpha value is -1.24. The first-order chi connectivity index (χ1) is 7.08. The van der Waals surface area contributed by atoms with Crippen LogP contribution < -0.4 is 0 Å². The Morgan fingerprint density at radius 2 is 2.20 bits per heavy atom. The van der Waals surface area contributed by atoms with Crippen LogP contribution in [0.15, 0.2) is 12.1 Å². The molecule has 0 saturated heterocycles. The van der Waals surface area contributed by atoms with E-state index in [2.05, 4.69) is 4.74 Å². The molecule has 0 aromatic heterocycles. The lowest BCUT2D eigenvalue weighted by Crippen LogP contribution is -2.04. The third-order valence-corrected chi connectivity index (χ3v) is 2.59. The maximum atomic E-state index is 11.0. The van der Waals surface area contributed by atoms with Crippen molar-refractivity contribution in [1.82, 2.24) is 0 Å². The van der Waals surface area contributed by atoms with Gasteiger partial charge in [0.25, 0.3) is 0 Å². The van der Waals surface area contributed by atoms with Gasteiger partial charge >= 0.3 is 5.97 Å². The number of nitriles is 1. The van der Waals surface area contributed by atoms with Crippen molar-refractivity contribution >= 4 is 29.2 Å². The molecule has 3 nitrogen and oxygen atoms in total. The minimum atomic E-state index is -0.391. The molecule has 0 aliphatic carbocycles. The number of hydrogen-bond donors (Lipinski definition) is 0. The molecule has 0 fully saturated rings. The van der Waals surface area contributed by atoms with E-state index in [1.54, 1.807) is 6.07 Å². The van der Waals surface area contributed by atoms with Crippen molar-refractivity contribution in [3.63, 3.8) is 0 Å². The first-order valence-electron chi connectivity index (χ1n) is 4.03. The van der Waals surface area contributed by atoms with E-state index < -0.39 is 5.97 Å². The lowest BCUT2D eigenvalue weighted by atomic mass is 10.1. The lowest BCUT2D eigenvalue weighted by Gasteiger charge is -2.03. The summed E-state index contributed by atoms with van der Waals surface area (Å²) in [4.78, 5) is 11.0. The molecule has 0 unspecified atom stereocenters. The molecule has 0 bridgehead atoms. The van der Waals surface area contributed by atoms with Gasteiger partial charge in [0.1, 0.15) is 6.07 Å². The minimum absolute atomic E-state index is 0.0715. The summed E-state index contributed by atoms with van der Waals surface area (Å²) in [5.41, 5.74) is 0.857. The van der Waals surface area contributed by atoms with Crippen LogP contribution in [0, 0.1) is 11.3 Å². The zero-order valence-electron chi connectivity index (χ0n) is 7.88. The maximum absolute atomic E-state index is 11.0. The summed E-state index contributed by atoms with van der Waals surface area (Å²) >= 11 is 11.6. The van der Waals surface area contributed by atoms with E-state index in [1.165, 1.54) is 13.2 Å². The molecule has 1 rings (SSSR count). The molecule has 0 spiro atoms. The Labute approximate surface area is 97.2 Å². The summed E-state index contributed by atoms with van der Waals surface area (Å²) in [5, 5.41) is 9.21. The SMILES string of the molecule is COC(=O)Cc1cc(Cl)c(Cl)c(C#N)c1. The Bertz CT molecular complexity index is 438. The molecule has 15 heavy (non-hydrogen) atoms. The smallest absolute Gasteiger partial charge is 0.309 e. The van der Waals surface area contributed by atoms with Gasteiger partial charge in [0.15, 0.2) is 0 Å². The fourth-order valence-electron chi connectivity index (χ4n) is 1.07. The van der Waals surface area contributed by atoms with E-state index >= 15 is 0 Å². The molecular weight excluding hydrogens is 237 g/mol. The summed E-state index contributed by atoms with van der Waals surface area (Å²) in [5.74, 6) is -0.391. The highest BCUT2D eigenvalue weighted by molar-refractivity contribution is 6.42. The number of methoxy groups -OCH3 is 1. The van der Waals surface area contributed by atoms with Crippen molar-refractivity contribution in [1.29, 1.82) is 5.26 Å². The number of esters is 1. The third-order valence-electron chi connectivity index (χ3n) is 1.78. The van der Waals surface area contributed by atoms with Gasteiger partial charge in [0.2, 0.25) is 0 Å². The number of benzene rings is 1. The normalized spacial score (nSPS) is 9.47. The van der Waals surface area contributed by atoms with Crippen LogP contribution >= 0.6 is 23.2 Å². The third kappa shape index (κ3) is 2.85. The van der Waals surface area contributed by atoms with Crippen LogP contribution in [0.2, 0.25) is 10.0 Å². The zero-order chi connectivity index (χ0) is 11.4. The van der Waals surface area contributed by atoms with Crippen LogP contribution in [0.25, 0.3) is 0 Å². The second-order valence-electron chi connectivity index (χ2n) is 2.80. The molecule has 0 heterocycles. The van der Waals surface area contributed by atoms with E-state index in [1.807, 2.05) is 6.07 Å². The molecule has 0 amide bonds. The Morgan fingerprint density at radius 1 is 1.53 bits per heavy atom. The van der Waals surface area contributed by atoms with E-state index in [0.29, 0.717) is 5.56 Å². The van der Waals surface area contributed by atoms with Gasteiger partial charge in [-0.25, -0.2) is 0 Å². The highest BCUT2D eigenvalue weighted by Gasteiger charge is 2.10. The monoisotopic (exact) mass is 243 g/mol. The van der Waals surface area contributed by atoms with Gasteiger partial charge in [0, 0.05) is 0 Å². The predicted molar refractivity (Wildman–Crippen MR) is 56.9 cm³/mol. The first kappa shape index (κ1) is 11.8. The highest BCUT2D eigenvalue weighted by Crippen LogP contribution is 2.27. The van der Waals surface area contributed by atoms with E-state index in [0.717, 1.165) is 0 Å². The van der Waals surface area contributed by atoms with Crippen molar-refractivity contribution in [3.8, 4) is 6.07 Å². The number of carbonyl (C=O) groups is 1. The molecule has 0 saturated carbocycles. The number of halogens is 2. The second kappa shape index (κ2) is 5.01. The summed E-state index contributed by atoms with van der Waals surface area (Å²) in [6, 6.07) is 4.96. The van der Waals surface area contributed by atoms with Gasteiger partial charge in [-0.2, -0.15) is 5.26 Å². The Kier molecular flexibility index (Phi) is 3.96. The molecule has 1 aromatic rings. The summed E-state index contributed by atoms with van der Waals surface area (Å²) < 4.78 is 4.50. The van der Waals surface area contributed by atoms with Crippen LogP contribution in [0.3, 0.4) is 0 Å². The van der Waals surface area contributed by atoms with Gasteiger partial charge in [-0.3, -0.25) is 4.79 Å². The Morgan fingerprint density at radius 3 is 2.73 bits per heavy atom. The molecule has 0 aliphatic rings. The van der Waals surface area contributed by atoms with E-state index in [9.17, 15) is 4.79 Å². The number of nitrogens with zero attached hydrogens (tertiary/aromatic N) is 1. The molecule has 1 aromatic carbocycles. The largest absolute Gasteiger partial charge is 0.469 e. The maximum Gasteiger partial charge on any atom is 0.309 e. The van der Waals surface area contributed by atoms with Crippen molar-refractivity contribution < 1.29 is 9.53 Å². The molecule has 0 radical (unpaired) electrons. The Balaban J connectivity index is 3.07. The van der Waals surface area contributed by atoms with Crippen LogP contribution in [0.4, 0.5) is 0 Å². The highest BCUT2D eigenvalue weighted by atomic mass is 35.5. The van der Waals surface area contributed by atoms with Crippen molar-refractivity contribution in [2.24, 2.45) is 0 Å². The number of ether oxygens (including phenoxy) is 1. The van der Waals surface area contributed by atoms with Gasteiger partial charge in [-0.1, -0.05) is 23.2 Å². The fourth-order valence-corrected chi connectivity index (χ4v) is 1.46. The predicted octanol–water partition coefficient (Wildman–Crippen LogP) is 2.58. The van der Waals surface area contributed by atoms with Gasteiger partial charge < -0.3 is 4.74 Å². The van der Waals surface area contributed by atoms with Gasteiger partial charge in [0.05, 0.1) is 29.1 Å². The molecule has 0 atom stereocenters. The van der Waals surface area contributed by atoms with E-state index in [4.69, 9.17) is 28.5 Å². The molecule has 5 heteroatoms. The minimum Gasteiger partial charge on any atom is -0.469 e. The van der Waals surface area contributed by atoms with Crippen molar-refractivity contribution in [2.75, 3.05) is 7.11 Å². The lowest BCUT2D eigenvalue weighted by molar-refractivity contribution is -0.139. The molecule has 0 aliphatic heterocycles. The van der Waals surface area contributed by atoms with Crippen LogP contribution in [0.5, 0.6) is 0 Å². The fraction of sp³-hybridized carbons (Fsp3) is 0.200. The summed E-state index contributed by atoms with van der Waals surface area (Å²) in [6.07, 6.45) is 0.0715. The van der Waals surface area contributed by atoms with Gasteiger partial charge in [-0.05, 0) is 17.7 Å². The first-order valence-corrected chi connectivity index (χ1v) is 4.79. The molecule has 78 valence electrons. The van der Waals surface area contributed by atoms with Gasteiger partial charge in [-0.15, -0.1) is 0 Å². The van der Waals surface area contributed by atoms with Crippen LogP contribution in [-0.4, -0.2) is 13.1 Å². The molecular formula is C10H7Cl2NO2. The van der Waals surface area contributed by atoms with E-state index in [-0.39, 0.29) is 22.0 Å². The topological polar surface area (TPSA) is 50.1 Å². The zero-order valence-corrected chi connectivity index (χ0v) is 9.39. The number of rotatable bonds is 2. The summed E-state index contributed by atoms with van der Waals surface area (Å²) in [6.45, 7) is 0. The average Bonchev–Trinajstić information content (AvgIpc) is 2.22. The van der Waals surface area contributed by atoms with Crippen molar-refractivity contribution in [2.45, 2.75) is 6.42 Å². The van der Waals surface area contributed by atoms with Crippen molar-refractivity contribution in [3.05, 3.63) is 33.3 Å². The average molecular weight is 244 g/mol. The summed E-state index contributed by atoms with van der Waals surface area (Å²) in [7, 11) is 1.30. The van der Waals surface area contributed by atoms with Crippen LogP contribution in [-0.2, 0) is 16.0 Å². The number of hydrogen-bond acceptors (Lipinski definition) is 3. The second-order valence-corrected chi connectivity index (χ2v) is 3.59. The standard InChI is InChI=1S/C10H7Cl2NO2/c1-15-9(14)4-6-2-7(5-13)10(12)8(11)3-6/h2-3H,4H2,1H3. The number of carbonyl (C=O) groups excluding carboxylic acids is 1.